The van der Waals surface area contributed by atoms with Crippen LogP contribution in [0.5, 0.6) is 5.75 Å². The Morgan fingerprint density at radius 3 is 2.92 bits per heavy atom. The molecule has 25 heavy (non-hydrogen) atoms. The van der Waals surface area contributed by atoms with Gasteiger partial charge in [0.15, 0.2) is 5.75 Å². The number of carbonyl (C=O) groups excluding carboxylic acids is 1. The van der Waals surface area contributed by atoms with Crippen molar-refractivity contribution in [1.29, 1.82) is 0 Å². The number of hydrogen-bond donors (Lipinski definition) is 1. The van der Waals surface area contributed by atoms with Gasteiger partial charge in [0.25, 0.3) is 0 Å². The first kappa shape index (κ1) is 21.5. The monoisotopic (exact) mass is 389 g/mol. The molecule has 9 heteroatoms. The summed E-state index contributed by atoms with van der Waals surface area (Å²) in [6, 6.07) is 5.18. The number of rotatable bonds is 8. The number of benzene rings is 1. The van der Waals surface area contributed by atoms with E-state index in [1.54, 1.807) is 12.1 Å². The first-order chi connectivity index (χ1) is 11.6. The van der Waals surface area contributed by atoms with E-state index < -0.39 is 4.92 Å². The maximum atomic E-state index is 12.3. The minimum absolute atomic E-state index is 0. The second kappa shape index (κ2) is 10.5. The maximum Gasteiger partial charge on any atom is 0.311 e. The highest BCUT2D eigenvalue weighted by molar-refractivity contribution is 7.99. The van der Waals surface area contributed by atoms with Crippen molar-refractivity contribution in [2.24, 2.45) is 0 Å². The average molecular weight is 390 g/mol. The lowest BCUT2D eigenvalue weighted by atomic mass is 10.2. The topological polar surface area (TPSA) is 84.7 Å². The normalized spacial score (nSPS) is 16.4. The van der Waals surface area contributed by atoms with Crippen molar-refractivity contribution in [2.75, 3.05) is 33.0 Å². The van der Waals surface area contributed by atoms with Crippen LogP contribution in [0, 0.1) is 10.1 Å². The molecule has 0 saturated carbocycles. The van der Waals surface area contributed by atoms with E-state index in [0.29, 0.717) is 11.5 Å². The molecule has 0 aliphatic carbocycles. The standard InChI is InChI=1S/C16H23N3O4S.ClH/c1-17-9-13-4-3-7-18(13)16(20)11-24-10-12-5-6-15(23-2)14(8-12)19(21)22;/h5-6,8,13,17H,3-4,7,9-11H2,1-2H3;1H. The molecule has 1 saturated heterocycles. The minimum atomic E-state index is -0.454. The number of thioether (sulfide) groups is 1. The summed E-state index contributed by atoms with van der Waals surface area (Å²) in [7, 11) is 3.30. The van der Waals surface area contributed by atoms with Gasteiger partial charge in [-0.05, 0) is 31.5 Å². The third-order valence-electron chi connectivity index (χ3n) is 4.07. The number of nitro groups is 1. The largest absolute Gasteiger partial charge is 0.490 e. The number of hydrogen-bond acceptors (Lipinski definition) is 6. The summed E-state index contributed by atoms with van der Waals surface area (Å²) >= 11 is 1.48. The average Bonchev–Trinajstić information content (AvgIpc) is 3.03. The molecule has 0 radical (unpaired) electrons. The van der Waals surface area contributed by atoms with Gasteiger partial charge in [0.05, 0.1) is 17.8 Å². The fourth-order valence-electron chi connectivity index (χ4n) is 2.92. The summed E-state index contributed by atoms with van der Waals surface area (Å²) < 4.78 is 4.99. The van der Waals surface area contributed by atoms with E-state index in [9.17, 15) is 14.9 Å². The Balaban J connectivity index is 0.00000312. The number of halogens is 1. The molecule has 2 rings (SSSR count). The zero-order chi connectivity index (χ0) is 17.5. The molecule has 0 aromatic heterocycles. The number of methoxy groups -OCH3 is 1. The Morgan fingerprint density at radius 2 is 2.28 bits per heavy atom. The summed E-state index contributed by atoms with van der Waals surface area (Å²) in [6.07, 6.45) is 2.09. The SMILES string of the molecule is CNCC1CCCN1C(=O)CSCc1ccc(OC)c([N+](=O)[O-])c1.Cl. The zero-order valence-electron chi connectivity index (χ0n) is 14.4. The fourth-order valence-corrected chi connectivity index (χ4v) is 3.78. The predicted octanol–water partition coefficient (Wildman–Crippen LogP) is 2.47. The van der Waals surface area contributed by atoms with Gasteiger partial charge >= 0.3 is 5.69 Å². The van der Waals surface area contributed by atoms with Gasteiger partial charge < -0.3 is 15.0 Å². The first-order valence-corrected chi connectivity index (χ1v) is 9.05. The number of likely N-dealkylation sites (tertiary alicyclic amines) is 1. The van der Waals surface area contributed by atoms with E-state index >= 15 is 0 Å². The van der Waals surface area contributed by atoms with E-state index in [4.69, 9.17) is 4.74 Å². The molecule has 1 N–H and O–H groups in total. The van der Waals surface area contributed by atoms with Gasteiger partial charge in [0, 0.05) is 31.0 Å². The second-order valence-electron chi connectivity index (χ2n) is 5.70. The molecule has 1 aromatic carbocycles. The van der Waals surface area contributed by atoms with Crippen LogP contribution >= 0.6 is 24.2 Å². The van der Waals surface area contributed by atoms with Crippen molar-refractivity contribution in [3.63, 3.8) is 0 Å². The van der Waals surface area contributed by atoms with Gasteiger partial charge in [-0.3, -0.25) is 14.9 Å². The number of nitrogens with zero attached hydrogens (tertiary/aromatic N) is 2. The molecule has 0 bridgehead atoms. The molecule has 0 spiro atoms. The smallest absolute Gasteiger partial charge is 0.311 e. The Kier molecular flexibility index (Phi) is 9.02. The predicted molar refractivity (Wildman–Crippen MR) is 102 cm³/mol. The van der Waals surface area contributed by atoms with Crippen LogP contribution in [0.15, 0.2) is 18.2 Å². The Morgan fingerprint density at radius 1 is 1.52 bits per heavy atom. The van der Waals surface area contributed by atoms with E-state index in [2.05, 4.69) is 5.32 Å². The van der Waals surface area contributed by atoms with Crippen molar-refractivity contribution in [3.8, 4) is 5.75 Å². The van der Waals surface area contributed by atoms with Crippen molar-refractivity contribution >= 4 is 35.8 Å². The van der Waals surface area contributed by atoms with Crippen LogP contribution < -0.4 is 10.1 Å². The van der Waals surface area contributed by atoms with E-state index in [1.165, 1.54) is 24.9 Å². The van der Waals surface area contributed by atoms with Crippen LogP contribution in [0.4, 0.5) is 5.69 Å². The van der Waals surface area contributed by atoms with Crippen molar-refractivity contribution in [2.45, 2.75) is 24.6 Å². The van der Waals surface area contributed by atoms with Gasteiger partial charge in [0.2, 0.25) is 5.91 Å². The lowest BCUT2D eigenvalue weighted by Gasteiger charge is -2.24. The maximum absolute atomic E-state index is 12.3. The molecule has 1 fully saturated rings. The lowest BCUT2D eigenvalue weighted by molar-refractivity contribution is -0.385. The van der Waals surface area contributed by atoms with Crippen LogP contribution in [0.3, 0.4) is 0 Å². The third-order valence-corrected chi connectivity index (χ3v) is 5.06. The number of nitrogens with one attached hydrogen (secondary N) is 1. The van der Waals surface area contributed by atoms with Gasteiger partial charge in [-0.25, -0.2) is 0 Å². The molecule has 1 atom stereocenters. The molecule has 1 amide bonds. The highest BCUT2D eigenvalue weighted by Crippen LogP contribution is 2.29. The van der Waals surface area contributed by atoms with E-state index in [0.717, 1.165) is 31.5 Å². The molecule has 140 valence electrons. The zero-order valence-corrected chi connectivity index (χ0v) is 16.0. The summed E-state index contributed by atoms with van der Waals surface area (Å²) in [5.74, 6) is 1.33. The lowest BCUT2D eigenvalue weighted by Crippen LogP contribution is -2.41. The molecule has 1 heterocycles. The van der Waals surface area contributed by atoms with Crippen molar-refractivity contribution < 1.29 is 14.5 Å². The number of nitro benzene ring substituents is 1. The molecule has 7 nitrogen and oxygen atoms in total. The number of carbonyl (C=O) groups is 1. The molecule has 1 aliphatic heterocycles. The number of amides is 1. The summed E-state index contributed by atoms with van der Waals surface area (Å²) in [5.41, 5.74) is 0.768. The Hall–Kier alpha value is -1.51. The van der Waals surface area contributed by atoms with Crippen LogP contribution in [0.1, 0.15) is 18.4 Å². The van der Waals surface area contributed by atoms with Crippen LogP contribution in [-0.2, 0) is 10.5 Å². The Labute approximate surface area is 158 Å². The number of likely N-dealkylation sites (N-methyl/N-ethyl adjacent to an activating group) is 1. The Bertz CT molecular complexity index is 603. The highest BCUT2D eigenvalue weighted by Gasteiger charge is 2.27. The number of ether oxygens (including phenoxy) is 1. The highest BCUT2D eigenvalue weighted by atomic mass is 35.5. The van der Waals surface area contributed by atoms with E-state index in [-0.39, 0.29) is 35.8 Å². The molecule has 1 unspecified atom stereocenters. The first-order valence-electron chi connectivity index (χ1n) is 7.90. The van der Waals surface area contributed by atoms with E-state index in [1.807, 2.05) is 11.9 Å². The fraction of sp³-hybridized carbons (Fsp3) is 0.562. The minimum Gasteiger partial charge on any atom is -0.490 e. The van der Waals surface area contributed by atoms with Crippen LogP contribution in [0.25, 0.3) is 0 Å². The van der Waals surface area contributed by atoms with Gasteiger partial charge in [0.1, 0.15) is 0 Å². The summed E-state index contributed by atoms with van der Waals surface area (Å²) in [6.45, 7) is 1.64. The van der Waals surface area contributed by atoms with Gasteiger partial charge in [-0.15, -0.1) is 24.2 Å². The van der Waals surface area contributed by atoms with Gasteiger partial charge in [-0.2, -0.15) is 0 Å². The quantitative estimate of drug-likeness (QED) is 0.543. The van der Waals surface area contributed by atoms with Crippen molar-refractivity contribution in [3.05, 3.63) is 33.9 Å². The molecule has 1 aromatic rings. The van der Waals surface area contributed by atoms with Gasteiger partial charge in [-0.1, -0.05) is 6.07 Å². The van der Waals surface area contributed by atoms with Crippen LogP contribution in [0.2, 0.25) is 0 Å². The molecular weight excluding hydrogens is 366 g/mol. The molecular formula is C16H24ClN3O4S. The second-order valence-corrected chi connectivity index (χ2v) is 6.68. The molecule has 1 aliphatic rings. The summed E-state index contributed by atoms with van der Waals surface area (Å²) in [4.78, 5) is 24.9. The summed E-state index contributed by atoms with van der Waals surface area (Å²) in [5, 5.41) is 14.2. The van der Waals surface area contributed by atoms with Crippen molar-refractivity contribution in [1.82, 2.24) is 10.2 Å². The third kappa shape index (κ3) is 5.76. The van der Waals surface area contributed by atoms with Crippen LogP contribution in [-0.4, -0.2) is 54.8 Å².